The number of hydrogen-bond acceptors (Lipinski definition) is 2. The zero-order valence-corrected chi connectivity index (χ0v) is 7.85. The molecule has 0 aromatic carbocycles. The maximum absolute atomic E-state index is 10.7. The van der Waals surface area contributed by atoms with Crippen LogP contribution in [0.25, 0.3) is 0 Å². The Balaban J connectivity index is 3.78. The van der Waals surface area contributed by atoms with Gasteiger partial charge in [-0.05, 0) is 20.0 Å². The first-order valence-electron chi connectivity index (χ1n) is 4.13. The first-order valence-corrected chi connectivity index (χ1v) is 4.13. The van der Waals surface area contributed by atoms with Gasteiger partial charge in [0.2, 0.25) is 5.91 Å². The fourth-order valence-corrected chi connectivity index (χ4v) is 1.16. The molecule has 11 heavy (non-hydrogen) atoms. The van der Waals surface area contributed by atoms with Gasteiger partial charge in [-0.3, -0.25) is 9.69 Å². The van der Waals surface area contributed by atoms with Crippen LogP contribution in [0.1, 0.15) is 27.7 Å². The van der Waals surface area contributed by atoms with Crippen molar-refractivity contribution in [3.63, 3.8) is 0 Å². The molecule has 1 atom stereocenters. The highest BCUT2D eigenvalue weighted by Crippen LogP contribution is 1.93. The Hall–Kier alpha value is -0.570. The number of carbonyl (C=O) groups is 1. The molecule has 3 heteroatoms. The molecule has 1 N–H and O–H groups in total. The van der Waals surface area contributed by atoms with E-state index < -0.39 is 0 Å². The summed E-state index contributed by atoms with van der Waals surface area (Å²) in [4.78, 5) is 12.8. The summed E-state index contributed by atoms with van der Waals surface area (Å²) in [5.74, 6) is 0.0319. The summed E-state index contributed by atoms with van der Waals surface area (Å²) in [5, 5.41) is 2.83. The number of hydrogen-bond donors (Lipinski definition) is 1. The summed E-state index contributed by atoms with van der Waals surface area (Å²) in [6.45, 7) is 9.65. The zero-order valence-electron chi connectivity index (χ0n) is 7.85. The molecular weight excluding hydrogens is 140 g/mol. The molecule has 0 aliphatic rings. The van der Waals surface area contributed by atoms with Gasteiger partial charge in [0.05, 0.1) is 6.17 Å². The van der Waals surface area contributed by atoms with Crippen molar-refractivity contribution in [3.8, 4) is 0 Å². The summed E-state index contributed by atoms with van der Waals surface area (Å²) in [5.41, 5.74) is 0. The molecule has 0 fully saturated rings. The largest absolute Gasteiger partial charge is 0.341 e. The van der Waals surface area contributed by atoms with Crippen molar-refractivity contribution in [1.29, 1.82) is 0 Å². The number of carbonyl (C=O) groups excluding carboxylic acids is 1. The van der Waals surface area contributed by atoms with Crippen LogP contribution < -0.4 is 5.32 Å². The van der Waals surface area contributed by atoms with Crippen LogP contribution in [0.5, 0.6) is 0 Å². The topological polar surface area (TPSA) is 32.3 Å². The van der Waals surface area contributed by atoms with Crippen LogP contribution >= 0.6 is 0 Å². The van der Waals surface area contributed by atoms with Crippen LogP contribution in [-0.2, 0) is 4.79 Å². The Morgan fingerprint density at radius 1 is 1.45 bits per heavy atom. The number of rotatable bonds is 4. The lowest BCUT2D eigenvalue weighted by atomic mass is 10.4. The molecule has 1 unspecified atom stereocenters. The third-order valence-electron chi connectivity index (χ3n) is 1.77. The van der Waals surface area contributed by atoms with Crippen molar-refractivity contribution in [2.45, 2.75) is 33.9 Å². The molecule has 0 spiro atoms. The van der Waals surface area contributed by atoms with E-state index in [1.54, 1.807) is 6.92 Å². The maximum atomic E-state index is 10.7. The van der Waals surface area contributed by atoms with Crippen LogP contribution in [0.3, 0.4) is 0 Å². The first kappa shape index (κ1) is 10.4. The highest BCUT2D eigenvalue weighted by atomic mass is 16.1. The highest BCUT2D eigenvalue weighted by Gasteiger charge is 2.09. The van der Waals surface area contributed by atoms with E-state index in [-0.39, 0.29) is 12.1 Å². The monoisotopic (exact) mass is 158 g/mol. The Bertz CT molecular complexity index is 121. The van der Waals surface area contributed by atoms with Crippen molar-refractivity contribution in [2.75, 3.05) is 13.1 Å². The van der Waals surface area contributed by atoms with Crippen molar-refractivity contribution in [2.24, 2.45) is 0 Å². The normalized spacial score (nSPS) is 13.2. The Kier molecular flexibility index (Phi) is 4.86. The van der Waals surface area contributed by atoms with Crippen molar-refractivity contribution in [1.82, 2.24) is 10.2 Å². The fourth-order valence-electron chi connectivity index (χ4n) is 1.16. The van der Waals surface area contributed by atoms with Gasteiger partial charge in [-0.2, -0.15) is 0 Å². The minimum absolute atomic E-state index is 0.0319. The van der Waals surface area contributed by atoms with Crippen molar-refractivity contribution < 1.29 is 4.79 Å². The molecule has 0 saturated carbocycles. The Morgan fingerprint density at radius 2 is 1.91 bits per heavy atom. The minimum Gasteiger partial charge on any atom is -0.341 e. The summed E-state index contributed by atoms with van der Waals surface area (Å²) < 4.78 is 0. The smallest absolute Gasteiger partial charge is 0.218 e. The predicted molar refractivity (Wildman–Crippen MR) is 46.2 cm³/mol. The summed E-state index contributed by atoms with van der Waals surface area (Å²) >= 11 is 0. The number of amides is 1. The van der Waals surface area contributed by atoms with E-state index in [0.717, 1.165) is 13.1 Å². The minimum atomic E-state index is 0.0319. The van der Waals surface area contributed by atoms with Crippen LogP contribution in [0, 0.1) is 0 Å². The number of nitrogens with one attached hydrogen (secondary N) is 1. The third-order valence-corrected chi connectivity index (χ3v) is 1.77. The summed E-state index contributed by atoms with van der Waals surface area (Å²) in [7, 11) is 0. The molecule has 0 bridgehead atoms. The van der Waals surface area contributed by atoms with Gasteiger partial charge in [0.15, 0.2) is 0 Å². The molecule has 0 rings (SSSR count). The molecular formula is C8H18N2O. The molecule has 0 aliphatic carbocycles. The van der Waals surface area contributed by atoms with Gasteiger partial charge in [-0.25, -0.2) is 0 Å². The number of nitrogens with zero attached hydrogens (tertiary/aromatic N) is 1. The summed E-state index contributed by atoms with van der Waals surface area (Å²) in [6.07, 6.45) is 0.155. The van der Waals surface area contributed by atoms with Crippen molar-refractivity contribution >= 4 is 5.91 Å². The van der Waals surface area contributed by atoms with E-state index in [1.165, 1.54) is 0 Å². The highest BCUT2D eigenvalue weighted by molar-refractivity contribution is 5.73. The van der Waals surface area contributed by atoms with Gasteiger partial charge >= 0.3 is 0 Å². The van der Waals surface area contributed by atoms with Gasteiger partial charge in [-0.15, -0.1) is 0 Å². The maximum Gasteiger partial charge on any atom is 0.218 e. The van der Waals surface area contributed by atoms with Gasteiger partial charge in [0, 0.05) is 6.92 Å². The molecule has 0 heterocycles. The van der Waals surface area contributed by atoms with E-state index in [4.69, 9.17) is 0 Å². The second-order valence-corrected chi connectivity index (χ2v) is 2.60. The molecule has 3 nitrogen and oxygen atoms in total. The SMILES string of the molecule is CCN(CC)C(C)NC(C)=O. The van der Waals surface area contributed by atoms with Gasteiger partial charge in [-0.1, -0.05) is 13.8 Å². The predicted octanol–water partition coefficient (Wildman–Crippen LogP) is 0.810. The van der Waals surface area contributed by atoms with Gasteiger partial charge in [0.1, 0.15) is 0 Å². The fraction of sp³-hybridized carbons (Fsp3) is 0.875. The zero-order chi connectivity index (χ0) is 8.85. The molecule has 0 saturated heterocycles. The van der Waals surface area contributed by atoms with Gasteiger partial charge in [0.25, 0.3) is 0 Å². The summed E-state index contributed by atoms with van der Waals surface area (Å²) in [6, 6.07) is 0. The second kappa shape index (κ2) is 5.13. The molecule has 0 aromatic rings. The van der Waals surface area contributed by atoms with E-state index in [2.05, 4.69) is 24.1 Å². The molecule has 0 aromatic heterocycles. The molecule has 1 amide bonds. The van der Waals surface area contributed by atoms with Gasteiger partial charge < -0.3 is 5.32 Å². The van der Waals surface area contributed by atoms with Crippen LogP contribution in [0.4, 0.5) is 0 Å². The third kappa shape index (κ3) is 3.98. The molecule has 0 aliphatic heterocycles. The van der Waals surface area contributed by atoms with E-state index >= 15 is 0 Å². The van der Waals surface area contributed by atoms with Crippen molar-refractivity contribution in [3.05, 3.63) is 0 Å². The lowest BCUT2D eigenvalue weighted by Gasteiger charge is -2.26. The quantitative estimate of drug-likeness (QED) is 0.614. The van der Waals surface area contributed by atoms with Crippen LogP contribution in [0.15, 0.2) is 0 Å². The van der Waals surface area contributed by atoms with E-state index in [1.807, 2.05) is 6.92 Å². The van der Waals surface area contributed by atoms with Crippen LogP contribution in [-0.4, -0.2) is 30.1 Å². The average molecular weight is 158 g/mol. The average Bonchev–Trinajstić information content (AvgIpc) is 1.88. The standard InChI is InChI=1S/C8H18N2O/c1-5-10(6-2)7(3)9-8(4)11/h7H,5-6H2,1-4H3,(H,9,11). The first-order chi connectivity index (χ1) is 5.11. The Labute approximate surface area is 68.8 Å². The van der Waals surface area contributed by atoms with E-state index in [0.29, 0.717) is 0 Å². The molecule has 66 valence electrons. The Morgan fingerprint density at radius 3 is 2.18 bits per heavy atom. The van der Waals surface area contributed by atoms with E-state index in [9.17, 15) is 4.79 Å². The van der Waals surface area contributed by atoms with Crippen LogP contribution in [0.2, 0.25) is 0 Å². The lowest BCUT2D eigenvalue weighted by molar-refractivity contribution is -0.120. The second-order valence-electron chi connectivity index (χ2n) is 2.60. The molecule has 0 radical (unpaired) electrons. The lowest BCUT2D eigenvalue weighted by Crippen LogP contribution is -2.45.